The molecule has 0 bridgehead atoms. The van der Waals surface area contributed by atoms with Gasteiger partial charge >= 0.3 is 5.97 Å². The van der Waals surface area contributed by atoms with E-state index < -0.39 is 11.0 Å². The Labute approximate surface area is 90.5 Å². The summed E-state index contributed by atoms with van der Waals surface area (Å²) in [7, 11) is 0. The van der Waals surface area contributed by atoms with Crippen LogP contribution >= 0.6 is 0 Å². The van der Waals surface area contributed by atoms with Crippen molar-refractivity contribution in [2.24, 2.45) is 0 Å². The summed E-state index contributed by atoms with van der Waals surface area (Å²) in [4.78, 5) is 21.4. The molecule has 1 aliphatic rings. The first-order valence-corrected chi connectivity index (χ1v) is 4.55. The second-order valence-corrected chi connectivity index (χ2v) is 3.30. The van der Waals surface area contributed by atoms with Crippen molar-refractivity contribution >= 4 is 17.7 Å². The van der Waals surface area contributed by atoms with Crippen LogP contribution in [0.25, 0.3) is 6.08 Å². The van der Waals surface area contributed by atoms with Crippen LogP contribution in [-0.2, 0) is 0 Å². The van der Waals surface area contributed by atoms with Crippen LogP contribution in [0.5, 0.6) is 0 Å². The average molecular weight is 220 g/mol. The quantitative estimate of drug-likeness (QED) is 0.601. The van der Waals surface area contributed by atoms with Crippen LogP contribution in [-0.4, -0.2) is 22.7 Å². The highest BCUT2D eigenvalue weighted by atomic mass is 16.7. The standard InChI is InChI=1S/C10H8N2O4/c13-10(14)8-3-4-9-7(6-8)2-1-5-11(9)12(15)16/h1-4,6H,5H2,(H,13,14). The van der Waals surface area contributed by atoms with Gasteiger partial charge in [0.1, 0.15) is 12.2 Å². The van der Waals surface area contributed by atoms with Crippen molar-refractivity contribution in [2.45, 2.75) is 0 Å². The highest BCUT2D eigenvalue weighted by molar-refractivity contribution is 5.90. The Bertz CT molecular complexity index is 496. The summed E-state index contributed by atoms with van der Waals surface area (Å²) >= 11 is 0. The minimum atomic E-state index is -1.05. The minimum absolute atomic E-state index is 0.119. The molecule has 6 heteroatoms. The van der Waals surface area contributed by atoms with Gasteiger partial charge in [-0.05, 0) is 18.2 Å². The molecule has 1 aromatic rings. The number of nitro groups is 1. The van der Waals surface area contributed by atoms with Crippen molar-refractivity contribution in [3.63, 3.8) is 0 Å². The Morgan fingerprint density at radius 1 is 1.50 bits per heavy atom. The number of hydrogen-bond acceptors (Lipinski definition) is 3. The maximum Gasteiger partial charge on any atom is 0.335 e. The van der Waals surface area contributed by atoms with Crippen molar-refractivity contribution in [1.82, 2.24) is 0 Å². The minimum Gasteiger partial charge on any atom is -0.478 e. The number of rotatable bonds is 2. The number of carboxylic acid groups (broad SMARTS) is 1. The topological polar surface area (TPSA) is 83.7 Å². The molecule has 1 aliphatic heterocycles. The number of benzene rings is 1. The fraction of sp³-hybridized carbons (Fsp3) is 0.100. The number of carbonyl (C=O) groups is 1. The SMILES string of the molecule is O=C(O)c1ccc2c(c1)C=CCN2[N+](=O)[O-]. The van der Waals surface area contributed by atoms with E-state index in [0.29, 0.717) is 11.3 Å². The van der Waals surface area contributed by atoms with Crippen LogP contribution in [0.15, 0.2) is 24.3 Å². The lowest BCUT2D eigenvalue weighted by Gasteiger charge is -2.18. The number of hydrogen-bond donors (Lipinski definition) is 1. The van der Waals surface area contributed by atoms with E-state index in [0.717, 1.165) is 5.01 Å². The van der Waals surface area contributed by atoms with Crippen LogP contribution in [0.4, 0.5) is 5.69 Å². The van der Waals surface area contributed by atoms with Crippen LogP contribution in [0, 0.1) is 10.1 Å². The fourth-order valence-electron chi connectivity index (χ4n) is 1.59. The summed E-state index contributed by atoms with van der Waals surface area (Å²) in [5.74, 6) is -1.05. The van der Waals surface area contributed by atoms with Gasteiger partial charge < -0.3 is 5.11 Å². The van der Waals surface area contributed by atoms with Crippen molar-refractivity contribution in [3.05, 3.63) is 45.5 Å². The van der Waals surface area contributed by atoms with Crippen molar-refractivity contribution < 1.29 is 14.9 Å². The van der Waals surface area contributed by atoms with Gasteiger partial charge in [-0.3, -0.25) is 0 Å². The van der Waals surface area contributed by atoms with Crippen molar-refractivity contribution in [2.75, 3.05) is 11.6 Å². The highest BCUT2D eigenvalue weighted by Gasteiger charge is 2.22. The molecule has 0 saturated carbocycles. The van der Waals surface area contributed by atoms with Gasteiger partial charge in [0.25, 0.3) is 0 Å². The fourth-order valence-corrected chi connectivity index (χ4v) is 1.59. The number of nitrogens with zero attached hydrogens (tertiary/aromatic N) is 2. The van der Waals surface area contributed by atoms with E-state index in [-0.39, 0.29) is 12.1 Å². The average Bonchev–Trinajstić information content (AvgIpc) is 2.27. The molecule has 0 fully saturated rings. The Balaban J connectivity index is 2.49. The molecule has 0 aliphatic carbocycles. The van der Waals surface area contributed by atoms with E-state index in [4.69, 9.17) is 5.11 Å². The molecule has 16 heavy (non-hydrogen) atoms. The van der Waals surface area contributed by atoms with Gasteiger partial charge in [0, 0.05) is 5.56 Å². The van der Waals surface area contributed by atoms with Crippen LogP contribution in [0.2, 0.25) is 0 Å². The van der Waals surface area contributed by atoms with Gasteiger partial charge in [-0.25, -0.2) is 14.9 Å². The predicted octanol–water partition coefficient (Wildman–Crippen LogP) is 1.41. The Morgan fingerprint density at radius 2 is 2.25 bits per heavy atom. The molecule has 0 amide bonds. The van der Waals surface area contributed by atoms with Gasteiger partial charge in [0.2, 0.25) is 0 Å². The monoisotopic (exact) mass is 220 g/mol. The van der Waals surface area contributed by atoms with Crippen LogP contribution < -0.4 is 5.01 Å². The Hall–Kier alpha value is -2.37. The predicted molar refractivity (Wildman–Crippen MR) is 56.8 cm³/mol. The van der Waals surface area contributed by atoms with Crippen molar-refractivity contribution in [1.29, 1.82) is 0 Å². The smallest absolute Gasteiger partial charge is 0.335 e. The number of hydrazine groups is 1. The number of aromatic carboxylic acids is 1. The second kappa shape index (κ2) is 3.65. The Kier molecular flexibility index (Phi) is 2.32. The molecular formula is C10H8N2O4. The lowest BCUT2D eigenvalue weighted by molar-refractivity contribution is -0.493. The summed E-state index contributed by atoms with van der Waals surface area (Å²) in [6.07, 6.45) is 3.30. The maximum atomic E-state index is 10.7. The number of carboxylic acids is 1. The first kappa shape index (κ1) is 10.2. The van der Waals surface area contributed by atoms with Gasteiger partial charge in [-0.15, -0.1) is 0 Å². The third-order valence-corrected chi connectivity index (χ3v) is 2.33. The molecule has 82 valence electrons. The summed E-state index contributed by atoms with van der Waals surface area (Å²) in [6.45, 7) is 0.187. The largest absolute Gasteiger partial charge is 0.478 e. The van der Waals surface area contributed by atoms with E-state index in [1.54, 1.807) is 12.2 Å². The lowest BCUT2D eigenvalue weighted by Crippen LogP contribution is -2.32. The Morgan fingerprint density at radius 3 is 2.88 bits per heavy atom. The summed E-state index contributed by atoms with van der Waals surface area (Å²) < 4.78 is 0. The molecule has 0 spiro atoms. The van der Waals surface area contributed by atoms with E-state index in [1.165, 1.54) is 18.2 Å². The highest BCUT2D eigenvalue weighted by Crippen LogP contribution is 2.26. The summed E-state index contributed by atoms with van der Waals surface area (Å²) in [6, 6.07) is 4.23. The zero-order chi connectivity index (χ0) is 11.7. The molecule has 0 atom stereocenters. The van der Waals surface area contributed by atoms with Gasteiger partial charge in [-0.1, -0.05) is 17.2 Å². The molecule has 0 radical (unpaired) electrons. The third kappa shape index (κ3) is 1.60. The second-order valence-electron chi connectivity index (χ2n) is 3.30. The first-order chi connectivity index (χ1) is 7.59. The number of fused-ring (bicyclic) bond motifs is 1. The molecular weight excluding hydrogens is 212 g/mol. The maximum absolute atomic E-state index is 10.7. The molecule has 0 unspecified atom stereocenters. The summed E-state index contributed by atoms with van der Waals surface area (Å²) in [5.41, 5.74) is 1.08. The molecule has 1 aromatic carbocycles. The van der Waals surface area contributed by atoms with Crippen molar-refractivity contribution in [3.8, 4) is 0 Å². The molecule has 1 heterocycles. The lowest BCUT2D eigenvalue weighted by atomic mass is 10.1. The molecule has 0 saturated heterocycles. The molecule has 1 N–H and O–H groups in total. The van der Waals surface area contributed by atoms with Gasteiger partial charge in [0.05, 0.1) is 5.56 Å². The van der Waals surface area contributed by atoms with E-state index in [9.17, 15) is 14.9 Å². The van der Waals surface area contributed by atoms with E-state index >= 15 is 0 Å². The third-order valence-electron chi connectivity index (χ3n) is 2.33. The number of anilines is 1. The van der Waals surface area contributed by atoms with E-state index in [2.05, 4.69) is 0 Å². The van der Waals surface area contributed by atoms with E-state index in [1.807, 2.05) is 0 Å². The summed E-state index contributed by atoms with van der Waals surface area (Å²) in [5, 5.41) is 20.0. The van der Waals surface area contributed by atoms with Gasteiger partial charge in [-0.2, -0.15) is 0 Å². The normalized spacial score (nSPS) is 13.4. The first-order valence-electron chi connectivity index (χ1n) is 4.55. The molecule has 0 aromatic heterocycles. The van der Waals surface area contributed by atoms with Crippen LogP contribution in [0.3, 0.4) is 0 Å². The zero-order valence-corrected chi connectivity index (χ0v) is 8.16. The molecule has 2 rings (SSSR count). The van der Waals surface area contributed by atoms with Gasteiger partial charge in [0.15, 0.2) is 5.03 Å². The van der Waals surface area contributed by atoms with Crippen LogP contribution in [0.1, 0.15) is 15.9 Å². The zero-order valence-electron chi connectivity index (χ0n) is 8.16. The molecule has 6 nitrogen and oxygen atoms in total.